The van der Waals surface area contributed by atoms with E-state index in [1.54, 1.807) is 6.07 Å². The number of hydrogen-bond donors (Lipinski definition) is 0. The van der Waals surface area contributed by atoms with E-state index in [9.17, 15) is 4.79 Å². The zero-order valence-corrected chi connectivity index (χ0v) is 9.59. The second-order valence-electron chi connectivity index (χ2n) is 4.01. The van der Waals surface area contributed by atoms with Crippen molar-refractivity contribution in [1.82, 2.24) is 0 Å². The molecule has 0 N–H and O–H groups in total. The molecular formula is C16H10O2. The topological polar surface area (TPSA) is 26.3 Å². The van der Waals surface area contributed by atoms with E-state index >= 15 is 0 Å². The zero-order valence-electron chi connectivity index (χ0n) is 9.59. The van der Waals surface area contributed by atoms with Gasteiger partial charge in [0.15, 0.2) is 6.10 Å². The van der Waals surface area contributed by atoms with E-state index in [0.29, 0.717) is 5.56 Å². The number of ether oxygens (including phenoxy) is 1. The van der Waals surface area contributed by atoms with Crippen molar-refractivity contribution in [3.63, 3.8) is 0 Å². The van der Waals surface area contributed by atoms with E-state index in [1.165, 1.54) is 0 Å². The first-order chi connectivity index (χ1) is 8.84. The Labute approximate surface area is 105 Å². The lowest BCUT2D eigenvalue weighted by atomic mass is 10.1. The fraction of sp³-hybridized carbons (Fsp3) is 0.0625. The van der Waals surface area contributed by atoms with Crippen LogP contribution in [0.25, 0.3) is 0 Å². The average Bonchev–Trinajstić information content (AvgIpc) is 2.75. The first-order valence-electron chi connectivity index (χ1n) is 5.71. The minimum Gasteiger partial charge on any atom is -0.440 e. The predicted octanol–water partition coefficient (Wildman–Crippen LogP) is 2.95. The molecule has 2 aromatic carbocycles. The third kappa shape index (κ3) is 1.87. The fourth-order valence-electron chi connectivity index (χ4n) is 1.92. The first-order valence-corrected chi connectivity index (χ1v) is 5.71. The third-order valence-electron chi connectivity index (χ3n) is 2.81. The van der Waals surface area contributed by atoms with Gasteiger partial charge in [0.1, 0.15) is 0 Å². The lowest BCUT2D eigenvalue weighted by molar-refractivity contribution is 0.0481. The molecule has 0 saturated heterocycles. The minimum absolute atomic E-state index is 0.294. The molecule has 1 heterocycles. The van der Waals surface area contributed by atoms with Crippen molar-refractivity contribution < 1.29 is 9.53 Å². The maximum Gasteiger partial charge on any atom is 0.340 e. The van der Waals surface area contributed by atoms with Crippen molar-refractivity contribution in [2.24, 2.45) is 0 Å². The summed E-state index contributed by atoms with van der Waals surface area (Å²) in [6, 6.07) is 17.0. The standard InChI is InChI=1S/C16H10O2/c17-16-14-9-5-4-8-13(14)15(18-16)11-10-12-6-2-1-3-7-12/h1-9,15H. The normalized spacial score (nSPS) is 16.4. The molecule has 3 rings (SSSR count). The van der Waals surface area contributed by atoms with E-state index in [4.69, 9.17) is 4.74 Å². The lowest BCUT2D eigenvalue weighted by Crippen LogP contribution is -1.95. The molecule has 0 amide bonds. The molecule has 0 fully saturated rings. The van der Waals surface area contributed by atoms with Gasteiger partial charge in [0.25, 0.3) is 0 Å². The number of cyclic esters (lactones) is 1. The summed E-state index contributed by atoms with van der Waals surface area (Å²) in [5.74, 6) is 5.72. The number of hydrogen-bond acceptors (Lipinski definition) is 2. The molecule has 0 saturated carbocycles. The van der Waals surface area contributed by atoms with E-state index in [2.05, 4.69) is 11.8 Å². The van der Waals surface area contributed by atoms with Crippen LogP contribution < -0.4 is 0 Å². The second-order valence-corrected chi connectivity index (χ2v) is 4.01. The quantitative estimate of drug-likeness (QED) is 0.517. The molecule has 0 spiro atoms. The van der Waals surface area contributed by atoms with Gasteiger partial charge in [-0.15, -0.1) is 0 Å². The second kappa shape index (κ2) is 4.38. The van der Waals surface area contributed by atoms with Gasteiger partial charge < -0.3 is 4.74 Å². The van der Waals surface area contributed by atoms with Crippen molar-refractivity contribution >= 4 is 5.97 Å². The van der Waals surface area contributed by atoms with Crippen LogP contribution in [0.5, 0.6) is 0 Å². The number of esters is 1. The van der Waals surface area contributed by atoms with E-state index in [-0.39, 0.29) is 5.97 Å². The highest BCUT2D eigenvalue weighted by Gasteiger charge is 2.28. The van der Waals surface area contributed by atoms with Crippen LogP contribution in [0, 0.1) is 11.8 Å². The highest BCUT2D eigenvalue weighted by Crippen LogP contribution is 2.29. The Morgan fingerprint density at radius 3 is 2.50 bits per heavy atom. The van der Waals surface area contributed by atoms with Crippen LogP contribution in [0.15, 0.2) is 54.6 Å². The highest BCUT2D eigenvalue weighted by atomic mass is 16.5. The number of rotatable bonds is 0. The Balaban J connectivity index is 1.93. The number of fused-ring (bicyclic) bond motifs is 1. The summed E-state index contributed by atoms with van der Waals surface area (Å²) in [6.45, 7) is 0. The van der Waals surface area contributed by atoms with Crippen molar-refractivity contribution in [2.75, 3.05) is 0 Å². The van der Waals surface area contributed by atoms with Gasteiger partial charge in [0.2, 0.25) is 0 Å². The number of carbonyl (C=O) groups is 1. The van der Waals surface area contributed by atoms with E-state index < -0.39 is 6.10 Å². The predicted molar refractivity (Wildman–Crippen MR) is 67.9 cm³/mol. The van der Waals surface area contributed by atoms with Crippen molar-refractivity contribution in [3.8, 4) is 11.8 Å². The third-order valence-corrected chi connectivity index (χ3v) is 2.81. The Morgan fingerprint density at radius 1 is 0.944 bits per heavy atom. The van der Waals surface area contributed by atoms with Gasteiger partial charge in [0.05, 0.1) is 5.56 Å². The van der Waals surface area contributed by atoms with Crippen LogP contribution in [0.2, 0.25) is 0 Å². The molecule has 0 aromatic heterocycles. The molecule has 0 radical (unpaired) electrons. The molecule has 18 heavy (non-hydrogen) atoms. The fourth-order valence-corrected chi connectivity index (χ4v) is 1.92. The molecular weight excluding hydrogens is 224 g/mol. The van der Waals surface area contributed by atoms with Crippen LogP contribution in [0.3, 0.4) is 0 Å². The molecule has 86 valence electrons. The lowest BCUT2D eigenvalue weighted by Gasteiger charge is -2.00. The molecule has 2 heteroatoms. The first kappa shape index (κ1) is 10.6. The Morgan fingerprint density at radius 2 is 1.67 bits per heavy atom. The molecule has 2 nitrogen and oxygen atoms in total. The smallest absolute Gasteiger partial charge is 0.340 e. The van der Waals surface area contributed by atoms with Gasteiger partial charge in [-0.05, 0) is 24.1 Å². The molecule has 1 unspecified atom stereocenters. The Kier molecular flexibility index (Phi) is 2.59. The highest BCUT2D eigenvalue weighted by molar-refractivity contribution is 5.94. The van der Waals surface area contributed by atoms with Gasteiger partial charge in [-0.1, -0.05) is 42.3 Å². The van der Waals surface area contributed by atoms with Crippen LogP contribution in [0.4, 0.5) is 0 Å². The van der Waals surface area contributed by atoms with E-state index in [1.807, 2.05) is 48.5 Å². The Hall–Kier alpha value is -2.53. The van der Waals surface area contributed by atoms with Crippen molar-refractivity contribution in [2.45, 2.75) is 6.10 Å². The minimum atomic E-state index is -0.450. The summed E-state index contributed by atoms with van der Waals surface area (Å²) in [7, 11) is 0. The van der Waals surface area contributed by atoms with Crippen LogP contribution in [0.1, 0.15) is 27.6 Å². The molecule has 1 atom stereocenters. The SMILES string of the molecule is O=C1OC(C#Cc2ccccc2)c2ccccc21. The van der Waals surface area contributed by atoms with Crippen molar-refractivity contribution in [1.29, 1.82) is 0 Å². The maximum atomic E-state index is 11.6. The summed E-state index contributed by atoms with van der Waals surface area (Å²) in [4.78, 5) is 11.6. The number of carbonyl (C=O) groups excluding carboxylic acids is 1. The van der Waals surface area contributed by atoms with Crippen molar-refractivity contribution in [3.05, 3.63) is 71.3 Å². The number of benzene rings is 2. The summed E-state index contributed by atoms with van der Waals surface area (Å²) in [5, 5.41) is 0. The van der Waals surface area contributed by atoms with Crippen LogP contribution in [-0.2, 0) is 4.74 Å². The molecule has 1 aliphatic heterocycles. The average molecular weight is 234 g/mol. The summed E-state index contributed by atoms with van der Waals surface area (Å²) < 4.78 is 5.24. The van der Waals surface area contributed by atoms with Crippen LogP contribution in [-0.4, -0.2) is 5.97 Å². The monoisotopic (exact) mass is 234 g/mol. The van der Waals surface area contributed by atoms with Gasteiger partial charge in [0, 0.05) is 11.1 Å². The molecule has 0 aliphatic carbocycles. The molecule has 2 aromatic rings. The zero-order chi connectivity index (χ0) is 12.4. The van der Waals surface area contributed by atoms with E-state index in [0.717, 1.165) is 11.1 Å². The maximum absolute atomic E-state index is 11.6. The van der Waals surface area contributed by atoms with Gasteiger partial charge in [-0.25, -0.2) is 4.79 Å². The Bertz CT molecular complexity index is 648. The van der Waals surface area contributed by atoms with Gasteiger partial charge in [-0.3, -0.25) is 0 Å². The summed E-state index contributed by atoms with van der Waals surface area (Å²) >= 11 is 0. The van der Waals surface area contributed by atoms with Gasteiger partial charge in [-0.2, -0.15) is 0 Å². The van der Waals surface area contributed by atoms with Gasteiger partial charge >= 0.3 is 5.97 Å². The summed E-state index contributed by atoms with van der Waals surface area (Å²) in [5.41, 5.74) is 2.38. The molecule has 0 bridgehead atoms. The van der Waals surface area contributed by atoms with Crippen LogP contribution >= 0.6 is 0 Å². The molecule has 1 aliphatic rings. The summed E-state index contributed by atoms with van der Waals surface area (Å²) in [6.07, 6.45) is -0.450. The largest absolute Gasteiger partial charge is 0.440 e.